The summed E-state index contributed by atoms with van der Waals surface area (Å²) < 4.78 is 8.95. The number of benzene rings is 3. The van der Waals surface area contributed by atoms with Crippen LogP contribution in [0.5, 0.6) is 0 Å². The molecule has 176 valence electrons. The zero-order chi connectivity index (χ0) is 23.2. The molecule has 0 atom stereocenters. The number of ether oxygens (including phenoxy) is 1. The lowest BCUT2D eigenvalue weighted by atomic mass is 10.1. The van der Waals surface area contributed by atoms with E-state index >= 15 is 0 Å². The Hall–Kier alpha value is -2.64. The summed E-state index contributed by atoms with van der Waals surface area (Å²) in [4.78, 5) is 6.90. The molecular weight excluding hydrogens is 464 g/mol. The second-order valence-corrected chi connectivity index (χ2v) is 9.80. The first-order chi connectivity index (χ1) is 16.7. The minimum absolute atomic E-state index is 0.782. The number of nitrogens with zero attached hydrogens (tertiary/aromatic N) is 1. The summed E-state index contributed by atoms with van der Waals surface area (Å²) in [5.41, 5.74) is 5.88. The van der Waals surface area contributed by atoms with Gasteiger partial charge in [-0.15, -0.1) is 0 Å². The van der Waals surface area contributed by atoms with Crippen LogP contribution in [0, 0.1) is 0 Å². The highest BCUT2D eigenvalue weighted by Gasteiger charge is 2.11. The molecule has 0 unspecified atom stereocenters. The van der Waals surface area contributed by atoms with Gasteiger partial charge in [-0.1, -0.05) is 17.7 Å². The van der Waals surface area contributed by atoms with Gasteiger partial charge in [0.25, 0.3) is 0 Å². The van der Waals surface area contributed by atoms with E-state index < -0.39 is 0 Å². The lowest BCUT2D eigenvalue weighted by molar-refractivity contribution is 0.122. The van der Waals surface area contributed by atoms with Crippen LogP contribution in [-0.4, -0.2) is 37.8 Å². The first kappa shape index (κ1) is 23.1. The van der Waals surface area contributed by atoms with Gasteiger partial charge >= 0.3 is 0 Å². The normalized spacial score (nSPS) is 14.0. The molecule has 0 bridgehead atoms. The van der Waals surface area contributed by atoms with E-state index in [4.69, 9.17) is 16.3 Å². The average Bonchev–Trinajstić information content (AvgIpc) is 3.27. The van der Waals surface area contributed by atoms with Crippen molar-refractivity contribution in [3.05, 3.63) is 83.5 Å². The molecule has 3 aromatic carbocycles. The summed E-state index contributed by atoms with van der Waals surface area (Å²) in [7, 11) is 0. The number of aromatic nitrogens is 1. The van der Waals surface area contributed by atoms with Gasteiger partial charge in [-0.05, 0) is 91.0 Å². The second-order valence-electron chi connectivity index (χ2n) is 8.40. The molecule has 0 radical (unpaired) electrons. The average molecular weight is 493 g/mol. The zero-order valence-electron chi connectivity index (χ0n) is 19.0. The van der Waals surface area contributed by atoms with Crippen LogP contribution in [-0.2, 0) is 11.2 Å². The van der Waals surface area contributed by atoms with Gasteiger partial charge in [-0.3, -0.25) is 4.72 Å². The predicted molar refractivity (Wildman–Crippen MR) is 145 cm³/mol. The third kappa shape index (κ3) is 5.88. The van der Waals surface area contributed by atoms with Crippen molar-refractivity contribution < 1.29 is 4.74 Å². The van der Waals surface area contributed by atoms with E-state index in [0.29, 0.717) is 0 Å². The van der Waals surface area contributed by atoms with Crippen LogP contribution in [0.4, 0.5) is 17.1 Å². The Morgan fingerprint density at radius 1 is 0.971 bits per heavy atom. The molecule has 0 aliphatic carbocycles. The van der Waals surface area contributed by atoms with Gasteiger partial charge in [-0.25, -0.2) is 0 Å². The van der Waals surface area contributed by atoms with E-state index in [1.54, 1.807) is 11.9 Å². The Labute approximate surface area is 210 Å². The van der Waals surface area contributed by atoms with Crippen molar-refractivity contribution in [2.75, 3.05) is 43.1 Å². The predicted octanol–water partition coefficient (Wildman–Crippen LogP) is 6.63. The van der Waals surface area contributed by atoms with Gasteiger partial charge < -0.3 is 19.9 Å². The zero-order valence-corrected chi connectivity index (χ0v) is 20.6. The maximum absolute atomic E-state index is 6.15. The number of aryl methyl sites for hydroxylation is 1. The molecule has 34 heavy (non-hydrogen) atoms. The van der Waals surface area contributed by atoms with Crippen LogP contribution >= 0.6 is 23.5 Å². The van der Waals surface area contributed by atoms with Crippen LogP contribution in [0.2, 0.25) is 5.02 Å². The van der Waals surface area contributed by atoms with Crippen molar-refractivity contribution >= 4 is 51.5 Å². The summed E-state index contributed by atoms with van der Waals surface area (Å²) in [6, 6.07) is 23.1. The monoisotopic (exact) mass is 492 g/mol. The largest absolute Gasteiger partial charge is 0.378 e. The number of hydrogen-bond acceptors (Lipinski definition) is 5. The fraction of sp³-hybridized carbons (Fsp3) is 0.259. The first-order valence-electron chi connectivity index (χ1n) is 11.7. The van der Waals surface area contributed by atoms with Crippen LogP contribution < -0.4 is 14.9 Å². The summed E-state index contributed by atoms with van der Waals surface area (Å²) in [6.07, 6.45) is 4.17. The van der Waals surface area contributed by atoms with Crippen LogP contribution in [0.25, 0.3) is 10.9 Å². The van der Waals surface area contributed by atoms with E-state index in [1.165, 1.54) is 21.5 Å². The molecule has 2 heterocycles. The molecule has 0 amide bonds. The lowest BCUT2D eigenvalue weighted by Gasteiger charge is -2.29. The number of morpholine rings is 1. The molecule has 7 heteroatoms. The lowest BCUT2D eigenvalue weighted by Crippen LogP contribution is -2.36. The van der Waals surface area contributed by atoms with Gasteiger partial charge in [0.05, 0.1) is 13.2 Å². The fourth-order valence-corrected chi connectivity index (χ4v) is 5.08. The van der Waals surface area contributed by atoms with E-state index in [2.05, 4.69) is 74.7 Å². The third-order valence-electron chi connectivity index (χ3n) is 6.01. The van der Waals surface area contributed by atoms with E-state index in [0.717, 1.165) is 67.6 Å². The number of rotatable bonds is 9. The van der Waals surface area contributed by atoms with Gasteiger partial charge in [0.2, 0.25) is 0 Å². The Bertz CT molecular complexity index is 1220. The fourth-order valence-electron chi connectivity index (χ4n) is 4.22. The number of halogens is 1. The molecular formula is C27H29ClN4OS. The highest BCUT2D eigenvalue weighted by molar-refractivity contribution is 7.97. The Morgan fingerprint density at radius 2 is 1.82 bits per heavy atom. The SMILES string of the molecule is Clc1ccc2[nH]cc(CCCNSc3ccc(Nc4cccc(N5CCOCC5)c4)cc3)c2c1. The molecule has 1 aliphatic rings. The van der Waals surface area contributed by atoms with Crippen molar-refractivity contribution in [1.29, 1.82) is 0 Å². The van der Waals surface area contributed by atoms with Crippen LogP contribution in [0.3, 0.4) is 0 Å². The highest BCUT2D eigenvalue weighted by Crippen LogP contribution is 2.26. The maximum Gasteiger partial charge on any atom is 0.0642 e. The first-order valence-corrected chi connectivity index (χ1v) is 12.9. The minimum atomic E-state index is 0.782. The number of H-pyrrole nitrogens is 1. The molecule has 4 aromatic rings. The quantitative estimate of drug-likeness (QED) is 0.181. The summed E-state index contributed by atoms with van der Waals surface area (Å²) in [5.74, 6) is 0. The molecule has 1 saturated heterocycles. The summed E-state index contributed by atoms with van der Waals surface area (Å²) in [6.45, 7) is 4.41. The second kappa shape index (κ2) is 11.2. The van der Waals surface area contributed by atoms with Crippen LogP contribution in [0.15, 0.2) is 77.8 Å². The number of anilines is 3. The van der Waals surface area contributed by atoms with E-state index in [1.807, 2.05) is 18.2 Å². The maximum atomic E-state index is 6.15. The van der Waals surface area contributed by atoms with Gasteiger partial charge in [0, 0.05) is 63.7 Å². The molecule has 0 spiro atoms. The Morgan fingerprint density at radius 3 is 2.68 bits per heavy atom. The smallest absolute Gasteiger partial charge is 0.0642 e. The van der Waals surface area contributed by atoms with Crippen molar-refractivity contribution in [2.24, 2.45) is 0 Å². The van der Waals surface area contributed by atoms with Gasteiger partial charge in [0.1, 0.15) is 0 Å². The number of aromatic amines is 1. The molecule has 3 N–H and O–H groups in total. The van der Waals surface area contributed by atoms with Crippen molar-refractivity contribution in [3.8, 4) is 0 Å². The van der Waals surface area contributed by atoms with Crippen molar-refractivity contribution in [3.63, 3.8) is 0 Å². The molecule has 1 fully saturated rings. The molecule has 1 aliphatic heterocycles. The molecule has 0 saturated carbocycles. The van der Waals surface area contributed by atoms with Gasteiger partial charge in [0.15, 0.2) is 0 Å². The highest BCUT2D eigenvalue weighted by atomic mass is 35.5. The standard InChI is InChI=1S/C27H29ClN4OS/c28-21-6-11-27-26(17-21)20(19-29-27)3-2-12-30-34-25-9-7-22(8-10-25)31-23-4-1-5-24(18-23)32-13-15-33-16-14-32/h1,4-11,17-19,29-31H,2-3,12-16H2. The van der Waals surface area contributed by atoms with E-state index in [-0.39, 0.29) is 0 Å². The number of nitrogens with one attached hydrogen (secondary N) is 3. The minimum Gasteiger partial charge on any atom is -0.378 e. The van der Waals surface area contributed by atoms with Crippen LogP contribution in [0.1, 0.15) is 12.0 Å². The third-order valence-corrected chi connectivity index (χ3v) is 7.10. The Balaban J connectivity index is 1.08. The van der Waals surface area contributed by atoms with Gasteiger partial charge in [-0.2, -0.15) is 0 Å². The molecule has 5 rings (SSSR count). The number of fused-ring (bicyclic) bond motifs is 1. The van der Waals surface area contributed by atoms with Crippen molar-refractivity contribution in [2.45, 2.75) is 17.7 Å². The Kier molecular flexibility index (Phi) is 7.61. The molecule has 5 nitrogen and oxygen atoms in total. The summed E-state index contributed by atoms with van der Waals surface area (Å²) in [5, 5.41) is 5.52. The summed E-state index contributed by atoms with van der Waals surface area (Å²) >= 11 is 7.83. The molecule has 1 aromatic heterocycles. The topological polar surface area (TPSA) is 52.3 Å². The number of hydrogen-bond donors (Lipinski definition) is 3. The van der Waals surface area contributed by atoms with Crippen molar-refractivity contribution in [1.82, 2.24) is 9.71 Å². The van der Waals surface area contributed by atoms with E-state index in [9.17, 15) is 0 Å².